The number of aliphatic carboxylic acids is 1. The molecule has 2 rings (SSSR count). The Morgan fingerprint density at radius 1 is 1.40 bits per heavy atom. The van der Waals surface area contributed by atoms with Crippen LogP contribution in [0.4, 0.5) is 5.69 Å². The van der Waals surface area contributed by atoms with Gasteiger partial charge in [0.15, 0.2) is 0 Å². The summed E-state index contributed by atoms with van der Waals surface area (Å²) in [5.74, 6) is -0.813. The minimum absolute atomic E-state index is 0.0699. The standard InChI is InChI=1S/C15H17ClN2O2/c16-12-4-5-13(11(8-12)10-17)18-15(9-14(19)20)6-2-1-3-7-15/h4-5,8,18H,1-3,6-7,9H2,(H,19,20). The third-order valence-electron chi connectivity index (χ3n) is 3.80. The molecule has 1 aliphatic rings. The van der Waals surface area contributed by atoms with Crippen molar-refractivity contribution in [2.24, 2.45) is 0 Å². The molecule has 1 saturated carbocycles. The van der Waals surface area contributed by atoms with Crippen molar-refractivity contribution >= 4 is 23.3 Å². The largest absolute Gasteiger partial charge is 0.481 e. The Bertz CT molecular complexity index is 545. The lowest BCUT2D eigenvalue weighted by molar-refractivity contribution is -0.138. The Kier molecular flexibility index (Phi) is 4.51. The van der Waals surface area contributed by atoms with Gasteiger partial charge in [-0.1, -0.05) is 30.9 Å². The first-order chi connectivity index (χ1) is 9.54. The van der Waals surface area contributed by atoms with Crippen molar-refractivity contribution in [3.05, 3.63) is 28.8 Å². The molecule has 0 bridgehead atoms. The topological polar surface area (TPSA) is 73.1 Å². The van der Waals surface area contributed by atoms with Gasteiger partial charge in [0.1, 0.15) is 6.07 Å². The van der Waals surface area contributed by atoms with Crippen molar-refractivity contribution in [2.75, 3.05) is 5.32 Å². The lowest BCUT2D eigenvalue weighted by atomic mass is 9.79. The first-order valence-corrected chi connectivity index (χ1v) is 7.12. The highest BCUT2D eigenvalue weighted by molar-refractivity contribution is 6.30. The van der Waals surface area contributed by atoms with Crippen LogP contribution in [0.5, 0.6) is 0 Å². The molecule has 20 heavy (non-hydrogen) atoms. The normalized spacial score (nSPS) is 17.2. The summed E-state index contributed by atoms with van der Waals surface area (Å²) >= 11 is 5.88. The zero-order valence-electron chi connectivity index (χ0n) is 11.2. The van der Waals surface area contributed by atoms with E-state index in [-0.39, 0.29) is 6.42 Å². The van der Waals surface area contributed by atoms with Crippen molar-refractivity contribution in [3.63, 3.8) is 0 Å². The van der Waals surface area contributed by atoms with Crippen LogP contribution in [0.3, 0.4) is 0 Å². The predicted octanol–water partition coefficient (Wildman–Crippen LogP) is 3.80. The molecule has 5 heteroatoms. The number of benzene rings is 1. The summed E-state index contributed by atoms with van der Waals surface area (Å²) in [4.78, 5) is 11.1. The number of rotatable bonds is 4. The zero-order chi connectivity index (χ0) is 14.6. The first-order valence-electron chi connectivity index (χ1n) is 6.74. The number of nitrogens with zero attached hydrogens (tertiary/aromatic N) is 1. The molecule has 1 aliphatic carbocycles. The smallest absolute Gasteiger partial charge is 0.305 e. The second-order valence-electron chi connectivity index (χ2n) is 5.34. The monoisotopic (exact) mass is 292 g/mol. The van der Waals surface area contributed by atoms with Crippen LogP contribution in [-0.4, -0.2) is 16.6 Å². The number of anilines is 1. The summed E-state index contributed by atoms with van der Waals surface area (Å²) in [7, 11) is 0. The molecule has 1 fully saturated rings. The average Bonchev–Trinajstić information content (AvgIpc) is 2.41. The summed E-state index contributed by atoms with van der Waals surface area (Å²) in [6.45, 7) is 0. The van der Waals surface area contributed by atoms with E-state index >= 15 is 0 Å². The van der Waals surface area contributed by atoms with E-state index in [1.807, 2.05) is 0 Å². The van der Waals surface area contributed by atoms with Crippen molar-refractivity contribution in [1.29, 1.82) is 5.26 Å². The maximum Gasteiger partial charge on any atom is 0.305 e. The van der Waals surface area contributed by atoms with Crippen LogP contribution in [0.15, 0.2) is 18.2 Å². The van der Waals surface area contributed by atoms with E-state index in [1.165, 1.54) is 0 Å². The SMILES string of the molecule is N#Cc1cc(Cl)ccc1NC1(CC(=O)O)CCCCC1. The lowest BCUT2D eigenvalue weighted by Gasteiger charge is -2.38. The van der Waals surface area contributed by atoms with Gasteiger partial charge in [-0.3, -0.25) is 4.79 Å². The van der Waals surface area contributed by atoms with Crippen molar-refractivity contribution < 1.29 is 9.90 Å². The van der Waals surface area contributed by atoms with Gasteiger partial charge in [-0.2, -0.15) is 5.26 Å². The number of nitrogens with one attached hydrogen (secondary N) is 1. The summed E-state index contributed by atoms with van der Waals surface area (Å²) in [5.41, 5.74) is 0.664. The van der Waals surface area contributed by atoms with Gasteiger partial charge in [-0.05, 0) is 31.0 Å². The first kappa shape index (κ1) is 14.7. The Morgan fingerprint density at radius 2 is 2.10 bits per heavy atom. The highest BCUT2D eigenvalue weighted by atomic mass is 35.5. The van der Waals surface area contributed by atoms with E-state index < -0.39 is 11.5 Å². The van der Waals surface area contributed by atoms with Gasteiger partial charge in [-0.25, -0.2) is 0 Å². The predicted molar refractivity (Wildman–Crippen MR) is 77.9 cm³/mol. The summed E-state index contributed by atoms with van der Waals surface area (Å²) < 4.78 is 0. The van der Waals surface area contributed by atoms with Gasteiger partial charge in [-0.15, -0.1) is 0 Å². The van der Waals surface area contributed by atoms with Crippen molar-refractivity contribution in [3.8, 4) is 6.07 Å². The molecule has 0 radical (unpaired) electrons. The van der Waals surface area contributed by atoms with Crippen LogP contribution in [0.25, 0.3) is 0 Å². The molecule has 1 aromatic carbocycles. The van der Waals surface area contributed by atoms with E-state index in [9.17, 15) is 10.1 Å². The Morgan fingerprint density at radius 3 is 2.70 bits per heavy atom. The highest BCUT2D eigenvalue weighted by Crippen LogP contribution is 2.35. The minimum Gasteiger partial charge on any atom is -0.481 e. The summed E-state index contributed by atoms with van der Waals surface area (Å²) in [5, 5.41) is 22.1. The fourth-order valence-electron chi connectivity index (χ4n) is 2.87. The third kappa shape index (κ3) is 3.43. The van der Waals surface area contributed by atoms with E-state index in [2.05, 4.69) is 11.4 Å². The quantitative estimate of drug-likeness (QED) is 0.885. The van der Waals surface area contributed by atoms with Gasteiger partial charge >= 0.3 is 5.97 Å². The molecule has 0 heterocycles. The Balaban J connectivity index is 2.28. The van der Waals surface area contributed by atoms with Gasteiger partial charge in [0.25, 0.3) is 0 Å². The van der Waals surface area contributed by atoms with Gasteiger partial charge in [0.2, 0.25) is 0 Å². The molecule has 0 spiro atoms. The Labute approximate surface area is 123 Å². The molecule has 0 atom stereocenters. The molecule has 0 unspecified atom stereocenters. The molecule has 4 nitrogen and oxygen atoms in total. The third-order valence-corrected chi connectivity index (χ3v) is 4.04. The van der Waals surface area contributed by atoms with Crippen LogP contribution in [0, 0.1) is 11.3 Å². The molecule has 0 amide bonds. The van der Waals surface area contributed by atoms with Crippen LogP contribution < -0.4 is 5.32 Å². The van der Waals surface area contributed by atoms with Gasteiger partial charge in [0.05, 0.1) is 17.7 Å². The van der Waals surface area contributed by atoms with Crippen LogP contribution in [0.2, 0.25) is 5.02 Å². The number of hydrogen-bond acceptors (Lipinski definition) is 3. The van der Waals surface area contributed by atoms with E-state index in [0.717, 1.165) is 32.1 Å². The van der Waals surface area contributed by atoms with Crippen LogP contribution in [-0.2, 0) is 4.79 Å². The van der Waals surface area contributed by atoms with Gasteiger partial charge in [0, 0.05) is 10.6 Å². The minimum atomic E-state index is -0.813. The Hall–Kier alpha value is -1.73. The number of carboxylic acids is 1. The summed E-state index contributed by atoms with van der Waals surface area (Å²) in [6.07, 6.45) is 4.85. The molecular formula is C15H17ClN2O2. The average molecular weight is 293 g/mol. The number of hydrogen-bond donors (Lipinski definition) is 2. The molecule has 1 aromatic rings. The van der Waals surface area contributed by atoms with Crippen molar-refractivity contribution in [1.82, 2.24) is 0 Å². The second kappa shape index (κ2) is 6.15. The molecule has 0 saturated heterocycles. The second-order valence-corrected chi connectivity index (χ2v) is 5.77. The molecule has 0 aromatic heterocycles. The maximum absolute atomic E-state index is 11.1. The number of halogens is 1. The number of nitriles is 1. The zero-order valence-corrected chi connectivity index (χ0v) is 11.9. The molecule has 106 valence electrons. The van der Waals surface area contributed by atoms with Crippen LogP contribution in [0.1, 0.15) is 44.1 Å². The number of carbonyl (C=O) groups is 1. The highest BCUT2D eigenvalue weighted by Gasteiger charge is 2.34. The molecular weight excluding hydrogens is 276 g/mol. The maximum atomic E-state index is 11.1. The fraction of sp³-hybridized carbons (Fsp3) is 0.467. The molecule has 2 N–H and O–H groups in total. The lowest BCUT2D eigenvalue weighted by Crippen LogP contribution is -2.42. The van der Waals surface area contributed by atoms with E-state index in [4.69, 9.17) is 16.7 Å². The van der Waals surface area contributed by atoms with Gasteiger partial charge < -0.3 is 10.4 Å². The summed E-state index contributed by atoms with van der Waals surface area (Å²) in [6, 6.07) is 7.16. The van der Waals surface area contributed by atoms with Crippen molar-refractivity contribution in [2.45, 2.75) is 44.1 Å². The molecule has 0 aliphatic heterocycles. The number of carboxylic acid groups (broad SMARTS) is 1. The van der Waals surface area contributed by atoms with E-state index in [0.29, 0.717) is 16.3 Å². The van der Waals surface area contributed by atoms with E-state index in [1.54, 1.807) is 18.2 Å². The fourth-order valence-corrected chi connectivity index (χ4v) is 3.04. The van der Waals surface area contributed by atoms with Crippen LogP contribution >= 0.6 is 11.6 Å².